The lowest BCUT2D eigenvalue weighted by atomic mass is 10.1. The molecular weight excluding hydrogens is 194 g/mol. The molecule has 0 aromatic heterocycles. The third-order valence-electron chi connectivity index (χ3n) is 3.09. The molecular formula is C10H19N3O2. The second kappa shape index (κ2) is 4.92. The molecule has 1 unspecified atom stereocenters. The SMILES string of the molecule is CNC1CCCN(N2CCOCC2)C1=O. The molecule has 1 amide bonds. The van der Waals surface area contributed by atoms with Gasteiger partial charge in [-0.2, -0.15) is 0 Å². The molecule has 0 bridgehead atoms. The highest BCUT2D eigenvalue weighted by molar-refractivity contribution is 5.82. The molecule has 15 heavy (non-hydrogen) atoms. The number of nitrogens with one attached hydrogen (secondary N) is 1. The second-order valence-corrected chi connectivity index (χ2v) is 4.01. The minimum absolute atomic E-state index is 0.00148. The van der Waals surface area contributed by atoms with Crippen LogP contribution >= 0.6 is 0 Å². The van der Waals surface area contributed by atoms with Gasteiger partial charge in [-0.15, -0.1) is 0 Å². The zero-order chi connectivity index (χ0) is 10.7. The fourth-order valence-corrected chi connectivity index (χ4v) is 2.20. The number of likely N-dealkylation sites (N-methyl/N-ethyl adjacent to an activating group) is 1. The molecule has 0 spiro atoms. The van der Waals surface area contributed by atoms with Gasteiger partial charge >= 0.3 is 0 Å². The van der Waals surface area contributed by atoms with Gasteiger partial charge in [-0.1, -0.05) is 0 Å². The predicted octanol–water partition coefficient (Wildman–Crippen LogP) is -0.556. The van der Waals surface area contributed by atoms with Crippen LogP contribution in [0.25, 0.3) is 0 Å². The zero-order valence-corrected chi connectivity index (χ0v) is 9.24. The van der Waals surface area contributed by atoms with Crippen molar-refractivity contribution >= 4 is 5.91 Å². The Labute approximate surface area is 90.3 Å². The number of morpholine rings is 1. The highest BCUT2D eigenvalue weighted by Crippen LogP contribution is 2.14. The average molecular weight is 213 g/mol. The number of ether oxygens (including phenoxy) is 1. The summed E-state index contributed by atoms with van der Waals surface area (Å²) in [5.74, 6) is 0.214. The molecule has 1 atom stereocenters. The van der Waals surface area contributed by atoms with Gasteiger partial charge in [-0.05, 0) is 19.9 Å². The van der Waals surface area contributed by atoms with Crippen LogP contribution in [-0.4, -0.2) is 61.9 Å². The summed E-state index contributed by atoms with van der Waals surface area (Å²) in [5, 5.41) is 7.09. The summed E-state index contributed by atoms with van der Waals surface area (Å²) in [6.07, 6.45) is 2.03. The summed E-state index contributed by atoms with van der Waals surface area (Å²) < 4.78 is 5.28. The molecule has 2 heterocycles. The lowest BCUT2D eigenvalue weighted by molar-refractivity contribution is -0.163. The standard InChI is InChI=1S/C10H19N3O2/c1-11-9-3-2-4-13(10(9)14)12-5-7-15-8-6-12/h9,11H,2-8H2,1H3. The van der Waals surface area contributed by atoms with E-state index < -0.39 is 0 Å². The Balaban J connectivity index is 1.97. The van der Waals surface area contributed by atoms with Crippen LogP contribution in [-0.2, 0) is 9.53 Å². The highest BCUT2D eigenvalue weighted by atomic mass is 16.5. The van der Waals surface area contributed by atoms with Crippen LogP contribution in [0.15, 0.2) is 0 Å². The summed E-state index contributed by atoms with van der Waals surface area (Å²) in [6, 6.07) is 0.00148. The van der Waals surface area contributed by atoms with Crippen molar-refractivity contribution in [1.82, 2.24) is 15.3 Å². The number of piperidine rings is 1. The number of amides is 1. The fraction of sp³-hybridized carbons (Fsp3) is 0.900. The van der Waals surface area contributed by atoms with Gasteiger partial charge < -0.3 is 10.1 Å². The molecule has 0 aliphatic carbocycles. The molecule has 5 heteroatoms. The number of hydrogen-bond acceptors (Lipinski definition) is 4. The third-order valence-corrected chi connectivity index (χ3v) is 3.09. The van der Waals surface area contributed by atoms with Gasteiger partial charge in [0.1, 0.15) is 0 Å². The van der Waals surface area contributed by atoms with Gasteiger partial charge in [-0.25, -0.2) is 5.01 Å². The van der Waals surface area contributed by atoms with E-state index in [1.807, 2.05) is 12.1 Å². The van der Waals surface area contributed by atoms with Crippen LogP contribution in [0.1, 0.15) is 12.8 Å². The van der Waals surface area contributed by atoms with E-state index in [0.717, 1.165) is 45.7 Å². The zero-order valence-electron chi connectivity index (χ0n) is 9.24. The minimum atomic E-state index is 0.00148. The van der Waals surface area contributed by atoms with E-state index in [1.165, 1.54) is 0 Å². The third kappa shape index (κ3) is 2.30. The fourth-order valence-electron chi connectivity index (χ4n) is 2.20. The smallest absolute Gasteiger partial charge is 0.253 e. The van der Waals surface area contributed by atoms with Crippen molar-refractivity contribution in [3.63, 3.8) is 0 Å². The van der Waals surface area contributed by atoms with Crippen LogP contribution in [0.4, 0.5) is 0 Å². The number of hydrogen-bond donors (Lipinski definition) is 1. The molecule has 1 N–H and O–H groups in total. The lowest BCUT2D eigenvalue weighted by Crippen LogP contribution is -2.58. The molecule has 0 aromatic carbocycles. The monoisotopic (exact) mass is 213 g/mol. The first-order chi connectivity index (χ1) is 7.33. The van der Waals surface area contributed by atoms with Gasteiger partial charge in [-0.3, -0.25) is 9.80 Å². The topological polar surface area (TPSA) is 44.8 Å². The Bertz CT molecular complexity index is 229. The molecule has 0 saturated carbocycles. The van der Waals surface area contributed by atoms with E-state index in [9.17, 15) is 4.79 Å². The number of carbonyl (C=O) groups is 1. The quantitative estimate of drug-likeness (QED) is 0.668. The Morgan fingerprint density at radius 2 is 2.07 bits per heavy atom. The van der Waals surface area contributed by atoms with Crippen molar-refractivity contribution in [2.24, 2.45) is 0 Å². The van der Waals surface area contributed by atoms with Crippen molar-refractivity contribution in [3.8, 4) is 0 Å². The van der Waals surface area contributed by atoms with Crippen LogP contribution in [0.3, 0.4) is 0 Å². The van der Waals surface area contributed by atoms with Crippen molar-refractivity contribution < 1.29 is 9.53 Å². The van der Waals surface area contributed by atoms with Crippen molar-refractivity contribution in [2.45, 2.75) is 18.9 Å². The maximum atomic E-state index is 12.0. The molecule has 2 aliphatic rings. The predicted molar refractivity (Wildman–Crippen MR) is 56.2 cm³/mol. The molecule has 86 valence electrons. The molecule has 5 nitrogen and oxygen atoms in total. The van der Waals surface area contributed by atoms with E-state index in [-0.39, 0.29) is 11.9 Å². The number of rotatable bonds is 2. The second-order valence-electron chi connectivity index (χ2n) is 4.01. The van der Waals surface area contributed by atoms with Crippen LogP contribution in [0.5, 0.6) is 0 Å². The summed E-state index contributed by atoms with van der Waals surface area (Å²) in [5.41, 5.74) is 0. The minimum Gasteiger partial charge on any atom is -0.379 e. The van der Waals surface area contributed by atoms with Crippen LogP contribution in [0.2, 0.25) is 0 Å². The van der Waals surface area contributed by atoms with E-state index in [0.29, 0.717) is 0 Å². The highest BCUT2D eigenvalue weighted by Gasteiger charge is 2.31. The van der Waals surface area contributed by atoms with E-state index in [4.69, 9.17) is 4.74 Å². The summed E-state index contributed by atoms with van der Waals surface area (Å²) in [6.45, 7) is 3.99. The van der Waals surface area contributed by atoms with Gasteiger partial charge in [0.25, 0.3) is 5.91 Å². The Morgan fingerprint density at radius 1 is 1.33 bits per heavy atom. The Hall–Kier alpha value is -0.650. The molecule has 2 rings (SSSR count). The maximum Gasteiger partial charge on any atom is 0.253 e. The van der Waals surface area contributed by atoms with E-state index >= 15 is 0 Å². The summed E-state index contributed by atoms with van der Waals surface area (Å²) in [7, 11) is 1.85. The maximum absolute atomic E-state index is 12.0. The van der Waals surface area contributed by atoms with E-state index in [1.54, 1.807) is 0 Å². The van der Waals surface area contributed by atoms with E-state index in [2.05, 4.69) is 10.3 Å². The lowest BCUT2D eigenvalue weighted by Gasteiger charge is -2.41. The molecule has 2 aliphatic heterocycles. The van der Waals surface area contributed by atoms with Gasteiger partial charge in [0.15, 0.2) is 0 Å². The van der Waals surface area contributed by atoms with Gasteiger partial charge in [0.05, 0.1) is 19.3 Å². The largest absolute Gasteiger partial charge is 0.379 e. The Kier molecular flexibility index (Phi) is 3.56. The van der Waals surface area contributed by atoms with Crippen molar-refractivity contribution in [1.29, 1.82) is 0 Å². The first-order valence-electron chi connectivity index (χ1n) is 5.64. The van der Waals surface area contributed by atoms with Crippen LogP contribution < -0.4 is 5.32 Å². The number of carbonyl (C=O) groups excluding carboxylic acids is 1. The number of hydrazine groups is 1. The van der Waals surface area contributed by atoms with Gasteiger partial charge in [0.2, 0.25) is 0 Å². The summed E-state index contributed by atoms with van der Waals surface area (Å²) in [4.78, 5) is 12.0. The van der Waals surface area contributed by atoms with Crippen molar-refractivity contribution in [3.05, 3.63) is 0 Å². The van der Waals surface area contributed by atoms with Crippen LogP contribution in [0, 0.1) is 0 Å². The first kappa shape index (κ1) is 10.9. The average Bonchev–Trinajstić information content (AvgIpc) is 2.30. The normalized spacial score (nSPS) is 29.5. The molecule has 2 fully saturated rings. The van der Waals surface area contributed by atoms with Gasteiger partial charge in [0, 0.05) is 19.6 Å². The molecule has 0 aromatic rings. The number of nitrogens with zero attached hydrogens (tertiary/aromatic N) is 2. The Morgan fingerprint density at radius 3 is 2.73 bits per heavy atom. The molecule has 0 radical (unpaired) electrons. The van der Waals surface area contributed by atoms with Crippen molar-refractivity contribution in [2.75, 3.05) is 39.9 Å². The molecule has 2 saturated heterocycles. The first-order valence-corrected chi connectivity index (χ1v) is 5.64. The summed E-state index contributed by atoms with van der Waals surface area (Å²) >= 11 is 0.